The molecule has 1 aliphatic rings. The van der Waals surface area contributed by atoms with E-state index in [2.05, 4.69) is 13.8 Å². The Hall–Kier alpha value is -1.16. The van der Waals surface area contributed by atoms with Crippen LogP contribution in [0.15, 0.2) is 18.2 Å². The first-order valence-electron chi connectivity index (χ1n) is 7.46. The summed E-state index contributed by atoms with van der Waals surface area (Å²) in [7, 11) is 0. The Balaban J connectivity index is 2.36. The topological polar surface area (TPSA) is 9.23 Å². The monoisotopic (exact) mass is 332 g/mol. The second-order valence-corrected chi connectivity index (χ2v) is 6.50. The molecule has 5 heteroatoms. The summed E-state index contributed by atoms with van der Waals surface area (Å²) in [6.45, 7) is 5.66. The predicted molar refractivity (Wildman–Crippen MR) is 83.4 cm³/mol. The van der Waals surface area contributed by atoms with Crippen molar-refractivity contribution in [2.75, 3.05) is 0 Å². The van der Waals surface area contributed by atoms with Crippen LogP contribution in [-0.4, -0.2) is 11.8 Å². The highest BCUT2D eigenvalue weighted by Gasteiger charge is 2.55. The molecule has 22 heavy (non-hydrogen) atoms. The molecule has 0 saturated heterocycles. The summed E-state index contributed by atoms with van der Waals surface area (Å²) in [5.41, 5.74) is -0.827. The third-order valence-electron chi connectivity index (χ3n) is 4.00. The molecule has 2 rings (SSSR count). The summed E-state index contributed by atoms with van der Waals surface area (Å²) in [5, 5.41) is 0.573. The van der Waals surface area contributed by atoms with Gasteiger partial charge in [0.05, 0.1) is 0 Å². The fourth-order valence-corrected chi connectivity index (χ4v) is 2.73. The minimum absolute atomic E-state index is 0.170. The van der Waals surface area contributed by atoms with Crippen LogP contribution in [0.3, 0.4) is 0 Å². The van der Waals surface area contributed by atoms with E-state index in [1.54, 1.807) is 12.1 Å². The number of aryl methyl sites for hydroxylation is 1. The van der Waals surface area contributed by atoms with Crippen molar-refractivity contribution in [1.82, 2.24) is 0 Å². The predicted octanol–water partition coefficient (Wildman–Crippen LogP) is 6.05. The maximum Gasteiger partial charge on any atom is 0.432 e. The molecule has 122 valence electrons. The molecule has 0 aromatic heterocycles. The molecule has 1 aliphatic heterocycles. The first-order valence-corrected chi connectivity index (χ1v) is 7.83. The third-order valence-corrected chi connectivity index (χ3v) is 4.35. The minimum Gasteiger partial charge on any atom is -0.473 e. The Morgan fingerprint density at radius 1 is 1.27 bits per heavy atom. The van der Waals surface area contributed by atoms with Crippen molar-refractivity contribution in [3.63, 3.8) is 0 Å². The van der Waals surface area contributed by atoms with Gasteiger partial charge in [-0.25, -0.2) is 0 Å². The number of hydrogen-bond acceptors (Lipinski definition) is 1. The number of hydrogen-bond donors (Lipinski definition) is 0. The van der Waals surface area contributed by atoms with Crippen molar-refractivity contribution in [3.05, 3.63) is 34.4 Å². The van der Waals surface area contributed by atoms with E-state index in [4.69, 9.17) is 16.3 Å². The molecule has 0 N–H and O–H groups in total. The van der Waals surface area contributed by atoms with Gasteiger partial charge >= 0.3 is 6.18 Å². The summed E-state index contributed by atoms with van der Waals surface area (Å²) in [6.07, 6.45) is -0.439. The molecule has 1 heterocycles. The maximum absolute atomic E-state index is 13.3. The van der Waals surface area contributed by atoms with Crippen molar-refractivity contribution < 1.29 is 17.9 Å². The molecule has 0 saturated carbocycles. The van der Waals surface area contributed by atoms with Gasteiger partial charge in [-0.3, -0.25) is 0 Å². The summed E-state index contributed by atoms with van der Waals surface area (Å²) < 4.78 is 45.3. The van der Waals surface area contributed by atoms with Gasteiger partial charge in [0.25, 0.3) is 0 Å². The van der Waals surface area contributed by atoms with Crippen LogP contribution in [-0.2, 0) is 6.42 Å². The van der Waals surface area contributed by atoms with E-state index >= 15 is 0 Å². The van der Waals surface area contributed by atoms with Crippen LogP contribution in [0.2, 0.25) is 5.02 Å². The zero-order chi connectivity index (χ0) is 16.5. The number of halogens is 4. The second-order valence-electron chi connectivity index (χ2n) is 6.09. The number of fused-ring (bicyclic) bond motifs is 1. The zero-order valence-electron chi connectivity index (χ0n) is 12.9. The van der Waals surface area contributed by atoms with Crippen LogP contribution in [0.25, 0.3) is 6.08 Å². The molecular formula is C17H20ClF3O. The largest absolute Gasteiger partial charge is 0.473 e. The first kappa shape index (κ1) is 17.2. The molecule has 1 atom stereocenters. The number of benzene rings is 1. The minimum atomic E-state index is -4.45. The lowest BCUT2D eigenvalue weighted by Crippen LogP contribution is -2.49. The van der Waals surface area contributed by atoms with Gasteiger partial charge in [0.1, 0.15) is 5.75 Å². The Morgan fingerprint density at radius 2 is 1.95 bits per heavy atom. The molecule has 1 aromatic rings. The zero-order valence-corrected chi connectivity index (χ0v) is 13.7. The van der Waals surface area contributed by atoms with E-state index in [1.807, 2.05) is 0 Å². The van der Waals surface area contributed by atoms with E-state index < -0.39 is 11.8 Å². The van der Waals surface area contributed by atoms with Gasteiger partial charge < -0.3 is 4.74 Å². The lowest BCUT2D eigenvalue weighted by Gasteiger charge is -2.36. The lowest BCUT2D eigenvalue weighted by atomic mass is 9.93. The van der Waals surface area contributed by atoms with Gasteiger partial charge in [-0.05, 0) is 49.0 Å². The van der Waals surface area contributed by atoms with Crippen LogP contribution in [0.5, 0.6) is 5.75 Å². The fraction of sp³-hybridized carbons (Fsp3) is 0.529. The van der Waals surface area contributed by atoms with E-state index in [0.29, 0.717) is 16.5 Å². The van der Waals surface area contributed by atoms with Crippen LogP contribution in [0, 0.1) is 5.92 Å². The molecule has 1 unspecified atom stereocenters. The molecule has 0 radical (unpaired) electrons. The highest BCUT2D eigenvalue weighted by Crippen LogP contribution is 2.44. The standard InChI is InChI=1S/C17H20ClF3O/c1-4-16(17(19,20)21)8-7-13-9-14(18)12(6-5-11(2)3)10-15(13)22-16/h7-11H,4-6H2,1-3H3. The Kier molecular flexibility index (Phi) is 4.81. The summed E-state index contributed by atoms with van der Waals surface area (Å²) >= 11 is 6.23. The highest BCUT2D eigenvalue weighted by atomic mass is 35.5. The van der Waals surface area contributed by atoms with Crippen molar-refractivity contribution >= 4 is 17.7 Å². The van der Waals surface area contributed by atoms with E-state index in [9.17, 15) is 13.2 Å². The number of ether oxygens (including phenoxy) is 1. The quantitative estimate of drug-likeness (QED) is 0.652. The fourth-order valence-electron chi connectivity index (χ4n) is 2.46. The SMILES string of the molecule is CCC1(C(F)(F)F)C=Cc2cc(Cl)c(CCC(C)C)cc2O1. The van der Waals surface area contributed by atoms with Gasteiger partial charge in [-0.2, -0.15) is 13.2 Å². The van der Waals surface area contributed by atoms with Crippen LogP contribution >= 0.6 is 11.6 Å². The smallest absolute Gasteiger partial charge is 0.432 e. The molecule has 0 aliphatic carbocycles. The molecular weight excluding hydrogens is 313 g/mol. The maximum atomic E-state index is 13.3. The summed E-state index contributed by atoms with van der Waals surface area (Å²) in [4.78, 5) is 0. The van der Waals surface area contributed by atoms with Crippen molar-refractivity contribution in [3.8, 4) is 5.75 Å². The highest BCUT2D eigenvalue weighted by molar-refractivity contribution is 6.31. The Labute approximate surface area is 134 Å². The van der Waals surface area contributed by atoms with E-state index in [-0.39, 0.29) is 12.2 Å². The average molecular weight is 333 g/mol. The van der Waals surface area contributed by atoms with Crippen LogP contribution in [0.1, 0.15) is 44.7 Å². The first-order chi connectivity index (χ1) is 10.2. The molecule has 0 bridgehead atoms. The van der Waals surface area contributed by atoms with Gasteiger partial charge in [-0.1, -0.05) is 38.4 Å². The van der Waals surface area contributed by atoms with Crippen LogP contribution < -0.4 is 4.74 Å². The Morgan fingerprint density at radius 3 is 2.50 bits per heavy atom. The van der Waals surface area contributed by atoms with Gasteiger partial charge in [0.2, 0.25) is 5.60 Å². The van der Waals surface area contributed by atoms with Crippen LogP contribution in [0.4, 0.5) is 13.2 Å². The van der Waals surface area contributed by atoms with Crippen molar-refractivity contribution in [2.24, 2.45) is 5.92 Å². The Bertz CT molecular complexity index is 578. The van der Waals surface area contributed by atoms with Gasteiger partial charge in [0, 0.05) is 10.6 Å². The number of alkyl halides is 3. The lowest BCUT2D eigenvalue weighted by molar-refractivity contribution is -0.230. The normalized spacial score (nSPS) is 20.9. The molecule has 0 spiro atoms. The van der Waals surface area contributed by atoms with Gasteiger partial charge in [-0.15, -0.1) is 0 Å². The van der Waals surface area contributed by atoms with E-state index in [1.165, 1.54) is 13.0 Å². The van der Waals surface area contributed by atoms with Gasteiger partial charge in [0.15, 0.2) is 0 Å². The molecule has 1 nitrogen and oxygen atoms in total. The number of rotatable bonds is 4. The summed E-state index contributed by atoms with van der Waals surface area (Å²) in [5.74, 6) is 0.752. The molecule has 0 fully saturated rings. The second kappa shape index (κ2) is 6.15. The molecule has 1 aromatic carbocycles. The summed E-state index contributed by atoms with van der Waals surface area (Å²) in [6, 6.07) is 3.33. The molecule has 0 amide bonds. The van der Waals surface area contributed by atoms with Crippen molar-refractivity contribution in [1.29, 1.82) is 0 Å². The third kappa shape index (κ3) is 3.27. The average Bonchev–Trinajstić information content (AvgIpc) is 2.43. The van der Waals surface area contributed by atoms with Crippen molar-refractivity contribution in [2.45, 2.75) is 51.8 Å². The van der Waals surface area contributed by atoms with E-state index in [0.717, 1.165) is 24.5 Å².